The summed E-state index contributed by atoms with van der Waals surface area (Å²) in [6.45, 7) is -0.216. The molecular formula is C17H11Cl4N3O2. The van der Waals surface area contributed by atoms with Crippen molar-refractivity contribution in [1.82, 2.24) is 14.8 Å². The first-order valence-corrected chi connectivity index (χ1v) is 8.82. The van der Waals surface area contributed by atoms with Gasteiger partial charge in [-0.25, -0.2) is 9.67 Å². The van der Waals surface area contributed by atoms with Crippen LogP contribution in [0.3, 0.4) is 0 Å². The first kappa shape index (κ1) is 19.1. The Balaban J connectivity index is 2.15. The molecule has 0 unspecified atom stereocenters. The van der Waals surface area contributed by atoms with Crippen molar-refractivity contribution in [1.29, 1.82) is 0 Å². The number of Topliss-reactive ketones (excluding diaryl/α,β-unsaturated/α-hetero) is 1. The van der Waals surface area contributed by atoms with Crippen molar-refractivity contribution in [3.63, 3.8) is 0 Å². The molecule has 3 rings (SSSR count). The quantitative estimate of drug-likeness (QED) is 0.597. The predicted molar refractivity (Wildman–Crippen MR) is 101 cm³/mol. The molecule has 0 amide bonds. The molecule has 1 atom stereocenters. The van der Waals surface area contributed by atoms with Crippen LogP contribution < -0.4 is 0 Å². The van der Waals surface area contributed by atoms with Gasteiger partial charge in [-0.3, -0.25) is 4.79 Å². The average Bonchev–Trinajstić information content (AvgIpc) is 3.06. The Morgan fingerprint density at radius 3 is 2.27 bits per heavy atom. The predicted octanol–water partition coefficient (Wildman–Crippen LogP) is 4.66. The Kier molecular flexibility index (Phi) is 5.55. The number of halogens is 4. The first-order valence-electron chi connectivity index (χ1n) is 7.31. The van der Waals surface area contributed by atoms with Crippen LogP contribution in [-0.4, -0.2) is 25.7 Å². The Morgan fingerprint density at radius 1 is 1.04 bits per heavy atom. The molecule has 3 aromatic rings. The van der Waals surface area contributed by atoms with E-state index in [1.165, 1.54) is 53.7 Å². The molecule has 0 saturated heterocycles. The number of benzene rings is 2. The van der Waals surface area contributed by atoms with Crippen LogP contribution >= 0.6 is 46.4 Å². The van der Waals surface area contributed by atoms with Gasteiger partial charge in [-0.05, 0) is 30.3 Å². The minimum absolute atomic E-state index is 0.102. The lowest BCUT2D eigenvalue weighted by Crippen LogP contribution is -2.40. The number of hydrogen-bond acceptors (Lipinski definition) is 4. The maximum atomic E-state index is 13.2. The highest BCUT2D eigenvalue weighted by atomic mass is 35.5. The Hall–Kier alpha value is -1.63. The summed E-state index contributed by atoms with van der Waals surface area (Å²) in [4.78, 5) is 17.1. The van der Waals surface area contributed by atoms with E-state index in [-0.39, 0.29) is 27.7 Å². The monoisotopic (exact) mass is 429 g/mol. The molecule has 0 aliphatic heterocycles. The van der Waals surface area contributed by atoms with Gasteiger partial charge in [-0.2, -0.15) is 5.10 Å². The van der Waals surface area contributed by atoms with Gasteiger partial charge >= 0.3 is 0 Å². The largest absolute Gasteiger partial charge is 0.375 e. The molecule has 2 aromatic carbocycles. The number of rotatable bonds is 5. The molecule has 26 heavy (non-hydrogen) atoms. The SMILES string of the molecule is O=C(c1ccc(Cl)cc1Cl)[C@@](O)(Cn1cncn1)c1ccc(Cl)cc1Cl. The second kappa shape index (κ2) is 7.55. The number of ketones is 1. The van der Waals surface area contributed by atoms with Crippen molar-refractivity contribution in [2.75, 3.05) is 0 Å². The highest BCUT2D eigenvalue weighted by Crippen LogP contribution is 2.36. The van der Waals surface area contributed by atoms with E-state index < -0.39 is 11.4 Å². The second-order valence-corrected chi connectivity index (χ2v) is 7.22. The standard InChI is InChI=1S/C17H11Cl4N3O2/c18-10-1-3-12(14(20)5-10)16(25)17(26,7-24-9-22-8-23-24)13-4-2-11(19)6-15(13)21/h1-6,8-9,26H,7H2/t17-/m1/s1. The van der Waals surface area contributed by atoms with E-state index in [0.717, 1.165) is 0 Å². The van der Waals surface area contributed by atoms with Crippen LogP contribution in [0.1, 0.15) is 15.9 Å². The van der Waals surface area contributed by atoms with Crippen LogP contribution in [0.5, 0.6) is 0 Å². The summed E-state index contributed by atoms with van der Waals surface area (Å²) in [5.41, 5.74) is -1.77. The molecule has 134 valence electrons. The molecule has 0 radical (unpaired) electrons. The fourth-order valence-corrected chi connectivity index (χ4v) is 3.61. The number of aliphatic hydroxyl groups is 1. The number of carbonyl (C=O) groups excluding carboxylic acids is 1. The van der Waals surface area contributed by atoms with Crippen LogP contribution in [0, 0.1) is 0 Å². The third kappa shape index (κ3) is 3.72. The van der Waals surface area contributed by atoms with Gasteiger partial charge in [0.2, 0.25) is 5.78 Å². The molecule has 1 aromatic heterocycles. The lowest BCUT2D eigenvalue weighted by Gasteiger charge is -2.28. The Morgan fingerprint density at radius 2 is 1.69 bits per heavy atom. The summed E-state index contributed by atoms with van der Waals surface area (Å²) in [5, 5.41) is 16.3. The van der Waals surface area contributed by atoms with Crippen LogP contribution in [0.25, 0.3) is 0 Å². The second-order valence-electron chi connectivity index (χ2n) is 5.53. The van der Waals surface area contributed by atoms with E-state index in [0.29, 0.717) is 10.0 Å². The lowest BCUT2D eigenvalue weighted by atomic mass is 9.85. The summed E-state index contributed by atoms with van der Waals surface area (Å²) >= 11 is 24.2. The van der Waals surface area contributed by atoms with Gasteiger partial charge in [0.1, 0.15) is 12.7 Å². The molecule has 0 saturated carbocycles. The molecule has 0 aliphatic rings. The number of hydrogen-bond donors (Lipinski definition) is 1. The normalized spacial score (nSPS) is 13.4. The van der Waals surface area contributed by atoms with Gasteiger partial charge in [0.15, 0.2) is 5.60 Å². The zero-order valence-corrected chi connectivity index (χ0v) is 16.1. The van der Waals surface area contributed by atoms with Gasteiger partial charge in [-0.15, -0.1) is 0 Å². The highest BCUT2D eigenvalue weighted by Gasteiger charge is 2.41. The molecule has 0 aliphatic carbocycles. The van der Waals surface area contributed by atoms with E-state index in [9.17, 15) is 9.90 Å². The van der Waals surface area contributed by atoms with Gasteiger partial charge < -0.3 is 5.11 Å². The van der Waals surface area contributed by atoms with Gasteiger partial charge in [0.05, 0.1) is 11.6 Å². The maximum Gasteiger partial charge on any atom is 0.202 e. The highest BCUT2D eigenvalue weighted by molar-refractivity contribution is 6.37. The van der Waals surface area contributed by atoms with Crippen LogP contribution in [-0.2, 0) is 12.1 Å². The van der Waals surface area contributed by atoms with Crippen LogP contribution in [0.4, 0.5) is 0 Å². The number of nitrogens with zero attached hydrogens (tertiary/aromatic N) is 3. The zero-order valence-electron chi connectivity index (χ0n) is 13.0. The molecule has 1 heterocycles. The van der Waals surface area contributed by atoms with Gasteiger partial charge in [0.25, 0.3) is 0 Å². The van der Waals surface area contributed by atoms with Crippen molar-refractivity contribution >= 4 is 52.2 Å². The third-order valence-electron chi connectivity index (χ3n) is 3.79. The summed E-state index contributed by atoms with van der Waals surface area (Å²) in [7, 11) is 0. The molecule has 5 nitrogen and oxygen atoms in total. The van der Waals surface area contributed by atoms with E-state index in [1.54, 1.807) is 0 Å². The summed E-state index contributed by atoms with van der Waals surface area (Å²) in [5.74, 6) is -0.654. The topological polar surface area (TPSA) is 68.0 Å². The van der Waals surface area contributed by atoms with Crippen molar-refractivity contribution in [2.45, 2.75) is 12.1 Å². The average molecular weight is 431 g/mol. The fourth-order valence-electron chi connectivity index (χ4n) is 2.55. The number of aromatic nitrogens is 3. The van der Waals surface area contributed by atoms with Gasteiger partial charge in [0, 0.05) is 26.2 Å². The van der Waals surface area contributed by atoms with E-state index in [1.807, 2.05) is 0 Å². The minimum atomic E-state index is -2.05. The van der Waals surface area contributed by atoms with E-state index in [4.69, 9.17) is 46.4 Å². The summed E-state index contributed by atoms with van der Waals surface area (Å²) in [6.07, 6.45) is 2.68. The van der Waals surface area contributed by atoms with E-state index >= 15 is 0 Å². The van der Waals surface area contributed by atoms with Gasteiger partial charge in [-0.1, -0.05) is 52.5 Å². The molecule has 0 spiro atoms. The molecule has 9 heteroatoms. The minimum Gasteiger partial charge on any atom is -0.375 e. The van der Waals surface area contributed by atoms with Crippen molar-refractivity contribution in [3.05, 3.63) is 80.3 Å². The Labute approximate surface area is 169 Å². The smallest absolute Gasteiger partial charge is 0.202 e. The zero-order chi connectivity index (χ0) is 18.9. The Bertz CT molecular complexity index is 963. The summed E-state index contributed by atoms with van der Waals surface area (Å²) < 4.78 is 1.33. The summed E-state index contributed by atoms with van der Waals surface area (Å²) in [6, 6.07) is 8.86. The molecule has 1 N–H and O–H groups in total. The third-order valence-corrected chi connectivity index (χ3v) is 4.88. The fraction of sp³-hybridized carbons (Fsp3) is 0.118. The van der Waals surface area contributed by atoms with Crippen molar-refractivity contribution < 1.29 is 9.90 Å². The van der Waals surface area contributed by atoms with Crippen molar-refractivity contribution in [2.24, 2.45) is 0 Å². The van der Waals surface area contributed by atoms with E-state index in [2.05, 4.69) is 10.1 Å². The molecular weight excluding hydrogens is 420 g/mol. The lowest BCUT2D eigenvalue weighted by molar-refractivity contribution is 0.0182. The van der Waals surface area contributed by atoms with Crippen LogP contribution in [0.2, 0.25) is 20.1 Å². The maximum absolute atomic E-state index is 13.2. The molecule has 0 fully saturated rings. The molecule has 0 bridgehead atoms. The number of carbonyl (C=O) groups is 1. The first-order chi connectivity index (χ1) is 12.3. The van der Waals surface area contributed by atoms with Crippen LogP contribution in [0.15, 0.2) is 49.1 Å². The van der Waals surface area contributed by atoms with Crippen molar-refractivity contribution in [3.8, 4) is 0 Å².